The maximum atomic E-state index is 5.64. The summed E-state index contributed by atoms with van der Waals surface area (Å²) >= 11 is 0. The molecule has 0 amide bonds. The number of rotatable bonds is 6. The molecule has 120 valence electrons. The number of aromatic nitrogens is 2. The van der Waals surface area contributed by atoms with E-state index in [1.807, 2.05) is 43.1 Å². The number of furan rings is 1. The second-order valence-electron chi connectivity index (χ2n) is 5.36. The van der Waals surface area contributed by atoms with Crippen molar-refractivity contribution in [1.82, 2.24) is 20.4 Å². The van der Waals surface area contributed by atoms with E-state index in [0.29, 0.717) is 6.54 Å². The second-order valence-corrected chi connectivity index (χ2v) is 5.36. The van der Waals surface area contributed by atoms with E-state index in [-0.39, 0.29) is 6.04 Å². The summed E-state index contributed by atoms with van der Waals surface area (Å²) in [6.45, 7) is 10.3. The summed E-state index contributed by atoms with van der Waals surface area (Å²) in [6.07, 6.45) is 3.87. The number of nitrogens with one attached hydrogen (secondary N) is 2. The van der Waals surface area contributed by atoms with E-state index in [2.05, 4.69) is 34.6 Å². The average Bonchev–Trinajstić information content (AvgIpc) is 3.08. The van der Waals surface area contributed by atoms with E-state index in [9.17, 15) is 0 Å². The highest BCUT2D eigenvalue weighted by Crippen LogP contribution is 2.15. The van der Waals surface area contributed by atoms with Gasteiger partial charge in [0.2, 0.25) is 0 Å². The van der Waals surface area contributed by atoms with Crippen molar-refractivity contribution in [2.24, 2.45) is 4.99 Å². The van der Waals surface area contributed by atoms with Gasteiger partial charge in [0.25, 0.3) is 0 Å². The normalized spacial score (nSPS) is 13.2. The quantitative estimate of drug-likeness (QED) is 0.635. The fraction of sp³-hybridized carbons (Fsp3) is 0.500. The second kappa shape index (κ2) is 7.68. The Labute approximate surface area is 131 Å². The summed E-state index contributed by atoms with van der Waals surface area (Å²) in [5.74, 6) is 2.61. The Morgan fingerprint density at radius 3 is 2.82 bits per heavy atom. The molecule has 6 nitrogen and oxygen atoms in total. The third-order valence-corrected chi connectivity index (χ3v) is 3.25. The predicted molar refractivity (Wildman–Crippen MR) is 87.9 cm³/mol. The zero-order valence-electron chi connectivity index (χ0n) is 13.8. The highest BCUT2D eigenvalue weighted by molar-refractivity contribution is 5.80. The number of hydrogen-bond donors (Lipinski definition) is 2. The Morgan fingerprint density at radius 2 is 2.23 bits per heavy atom. The first-order valence-corrected chi connectivity index (χ1v) is 7.68. The Bertz CT molecular complexity index is 614. The van der Waals surface area contributed by atoms with Gasteiger partial charge in [-0.05, 0) is 45.4 Å². The maximum Gasteiger partial charge on any atom is 0.191 e. The molecule has 1 atom stereocenters. The van der Waals surface area contributed by atoms with Crippen molar-refractivity contribution >= 4 is 5.96 Å². The zero-order chi connectivity index (χ0) is 15.9. The lowest BCUT2D eigenvalue weighted by Gasteiger charge is -2.16. The van der Waals surface area contributed by atoms with E-state index in [0.717, 1.165) is 36.1 Å². The van der Waals surface area contributed by atoms with Crippen LogP contribution in [0.2, 0.25) is 0 Å². The molecule has 2 aromatic heterocycles. The molecule has 2 rings (SSSR count). The molecule has 0 aliphatic heterocycles. The molecule has 0 aliphatic rings. The van der Waals surface area contributed by atoms with E-state index in [1.165, 1.54) is 0 Å². The zero-order valence-corrected chi connectivity index (χ0v) is 13.8. The third-order valence-electron chi connectivity index (χ3n) is 3.25. The van der Waals surface area contributed by atoms with Gasteiger partial charge in [-0.25, -0.2) is 0 Å². The van der Waals surface area contributed by atoms with Gasteiger partial charge in [-0.2, -0.15) is 5.10 Å². The molecule has 0 saturated carbocycles. The fourth-order valence-corrected chi connectivity index (χ4v) is 2.14. The molecule has 0 radical (unpaired) electrons. The summed E-state index contributed by atoms with van der Waals surface area (Å²) in [7, 11) is 0. The largest absolute Gasteiger partial charge is 0.464 e. The minimum atomic E-state index is 0.0680. The lowest BCUT2D eigenvalue weighted by molar-refractivity contribution is 0.441. The lowest BCUT2D eigenvalue weighted by atomic mass is 10.2. The van der Waals surface area contributed by atoms with Gasteiger partial charge in [0.1, 0.15) is 11.5 Å². The molecule has 1 unspecified atom stereocenters. The molecule has 22 heavy (non-hydrogen) atoms. The van der Waals surface area contributed by atoms with Gasteiger partial charge in [-0.15, -0.1) is 0 Å². The molecule has 2 aromatic rings. The van der Waals surface area contributed by atoms with Gasteiger partial charge in [-0.1, -0.05) is 0 Å². The van der Waals surface area contributed by atoms with Crippen molar-refractivity contribution in [3.8, 4) is 0 Å². The lowest BCUT2D eigenvalue weighted by Crippen LogP contribution is -2.38. The van der Waals surface area contributed by atoms with Gasteiger partial charge < -0.3 is 15.1 Å². The van der Waals surface area contributed by atoms with Crippen molar-refractivity contribution in [2.45, 2.75) is 40.3 Å². The predicted octanol–water partition coefficient (Wildman–Crippen LogP) is 2.41. The van der Waals surface area contributed by atoms with Gasteiger partial charge in [0.05, 0.1) is 25.3 Å². The van der Waals surface area contributed by atoms with Crippen LogP contribution >= 0.6 is 0 Å². The van der Waals surface area contributed by atoms with Crippen LogP contribution in [0.4, 0.5) is 0 Å². The minimum absolute atomic E-state index is 0.0680. The summed E-state index contributed by atoms with van der Waals surface area (Å²) in [5.41, 5.74) is 1.16. The first-order valence-electron chi connectivity index (χ1n) is 7.68. The highest BCUT2D eigenvalue weighted by atomic mass is 16.3. The van der Waals surface area contributed by atoms with Gasteiger partial charge >= 0.3 is 0 Å². The van der Waals surface area contributed by atoms with Gasteiger partial charge in [-0.3, -0.25) is 9.67 Å². The van der Waals surface area contributed by atoms with Crippen molar-refractivity contribution in [2.75, 3.05) is 13.1 Å². The molecule has 0 aliphatic carbocycles. The van der Waals surface area contributed by atoms with Gasteiger partial charge in [0.15, 0.2) is 5.96 Å². The van der Waals surface area contributed by atoms with Crippen LogP contribution in [0, 0.1) is 13.8 Å². The fourth-order valence-electron chi connectivity index (χ4n) is 2.14. The Hall–Kier alpha value is -2.24. The van der Waals surface area contributed by atoms with Crippen LogP contribution in [0.1, 0.15) is 37.0 Å². The topological polar surface area (TPSA) is 67.4 Å². The van der Waals surface area contributed by atoms with E-state index < -0.39 is 0 Å². The van der Waals surface area contributed by atoms with Crippen LogP contribution in [0.15, 0.2) is 33.9 Å². The molecule has 0 saturated heterocycles. The van der Waals surface area contributed by atoms with E-state index in [4.69, 9.17) is 4.42 Å². The van der Waals surface area contributed by atoms with Crippen LogP contribution < -0.4 is 10.6 Å². The van der Waals surface area contributed by atoms with Crippen molar-refractivity contribution < 1.29 is 4.42 Å². The highest BCUT2D eigenvalue weighted by Gasteiger charge is 2.11. The number of hydrogen-bond acceptors (Lipinski definition) is 3. The Balaban J connectivity index is 1.91. The van der Waals surface area contributed by atoms with Crippen LogP contribution in [0.3, 0.4) is 0 Å². The number of aryl methyl sites for hydroxylation is 2. The Kier molecular flexibility index (Phi) is 5.63. The monoisotopic (exact) mass is 303 g/mol. The molecule has 6 heteroatoms. The summed E-state index contributed by atoms with van der Waals surface area (Å²) in [4.78, 5) is 4.58. The molecule has 2 heterocycles. The van der Waals surface area contributed by atoms with Crippen molar-refractivity contribution in [1.29, 1.82) is 0 Å². The maximum absolute atomic E-state index is 5.64. The summed E-state index contributed by atoms with van der Waals surface area (Å²) < 4.78 is 7.55. The van der Waals surface area contributed by atoms with Crippen LogP contribution in [0.25, 0.3) is 0 Å². The molecular weight excluding hydrogens is 278 g/mol. The number of guanidine groups is 1. The summed E-state index contributed by atoms with van der Waals surface area (Å²) in [5, 5.41) is 10.9. The first kappa shape index (κ1) is 16.1. The van der Waals surface area contributed by atoms with Crippen molar-refractivity contribution in [3.63, 3.8) is 0 Å². The smallest absolute Gasteiger partial charge is 0.191 e. The third kappa shape index (κ3) is 4.65. The minimum Gasteiger partial charge on any atom is -0.464 e. The molecule has 0 spiro atoms. The standard InChI is InChI=1S/C16H25N5O/c1-5-17-16(18-8-9-21-11-12(2)10-19-21)20-14(4)15-7-6-13(3)22-15/h6-7,10-11,14H,5,8-9H2,1-4H3,(H2,17,18,20). The molecular formula is C16H25N5O. The van der Waals surface area contributed by atoms with E-state index in [1.54, 1.807) is 0 Å². The van der Waals surface area contributed by atoms with Gasteiger partial charge in [0, 0.05) is 12.7 Å². The average molecular weight is 303 g/mol. The number of aliphatic imine (C=N–C) groups is 1. The molecule has 0 bridgehead atoms. The molecule has 2 N–H and O–H groups in total. The Morgan fingerprint density at radius 1 is 1.41 bits per heavy atom. The molecule has 0 fully saturated rings. The van der Waals surface area contributed by atoms with Crippen LogP contribution in [-0.2, 0) is 6.54 Å². The molecule has 0 aromatic carbocycles. The van der Waals surface area contributed by atoms with Crippen LogP contribution in [0.5, 0.6) is 0 Å². The van der Waals surface area contributed by atoms with Crippen molar-refractivity contribution in [3.05, 3.63) is 41.6 Å². The summed E-state index contributed by atoms with van der Waals surface area (Å²) in [6, 6.07) is 4.03. The number of nitrogens with zero attached hydrogens (tertiary/aromatic N) is 3. The first-order chi connectivity index (χ1) is 10.6. The SMILES string of the molecule is CCNC(=NCCn1cc(C)cn1)NC(C)c1ccc(C)o1. The van der Waals surface area contributed by atoms with E-state index >= 15 is 0 Å². The van der Waals surface area contributed by atoms with Crippen LogP contribution in [-0.4, -0.2) is 28.8 Å².